The highest BCUT2D eigenvalue weighted by atomic mass is 32.1. The minimum atomic E-state index is -0.113. The maximum Gasteiger partial charge on any atom is 0.265 e. The second-order valence-corrected chi connectivity index (χ2v) is 6.04. The van der Waals surface area contributed by atoms with Crippen molar-refractivity contribution in [1.29, 1.82) is 0 Å². The number of amides is 1. The Morgan fingerprint density at radius 3 is 2.68 bits per heavy atom. The van der Waals surface area contributed by atoms with Gasteiger partial charge in [-0.15, -0.1) is 11.3 Å². The molecule has 0 fully saturated rings. The van der Waals surface area contributed by atoms with Crippen LogP contribution >= 0.6 is 11.3 Å². The number of anilines is 1. The van der Waals surface area contributed by atoms with Gasteiger partial charge in [0.1, 0.15) is 13.2 Å². The summed E-state index contributed by atoms with van der Waals surface area (Å²) < 4.78 is 12.1. The Morgan fingerprint density at radius 2 is 1.82 bits per heavy atom. The number of rotatable bonds is 2. The molecule has 0 spiro atoms. The second kappa shape index (κ2) is 5.35. The molecule has 0 atom stereocenters. The van der Waals surface area contributed by atoms with Crippen LogP contribution in [0.2, 0.25) is 0 Å². The zero-order valence-corrected chi connectivity index (χ0v) is 12.5. The molecule has 0 radical (unpaired) electrons. The smallest absolute Gasteiger partial charge is 0.265 e. The predicted octanol–water partition coefficient (Wildman–Crippen LogP) is 3.92. The number of hydrogen-bond acceptors (Lipinski definition) is 4. The van der Waals surface area contributed by atoms with Gasteiger partial charge in [0.15, 0.2) is 11.5 Å². The van der Waals surface area contributed by atoms with Crippen LogP contribution in [0.3, 0.4) is 0 Å². The lowest BCUT2D eigenvalue weighted by Gasteiger charge is -2.18. The van der Waals surface area contributed by atoms with E-state index in [0.717, 1.165) is 10.1 Å². The molecule has 1 amide bonds. The zero-order valence-electron chi connectivity index (χ0n) is 11.7. The van der Waals surface area contributed by atoms with Gasteiger partial charge in [0.2, 0.25) is 0 Å². The van der Waals surface area contributed by atoms with E-state index in [9.17, 15) is 4.79 Å². The molecule has 0 aliphatic carbocycles. The minimum Gasteiger partial charge on any atom is -0.486 e. The molecule has 4 nitrogen and oxygen atoms in total. The highest BCUT2D eigenvalue weighted by molar-refractivity contribution is 7.20. The highest BCUT2D eigenvalue weighted by Gasteiger charge is 2.14. The summed E-state index contributed by atoms with van der Waals surface area (Å²) in [5.74, 6) is 1.27. The molecule has 1 aromatic heterocycles. The molecule has 110 valence electrons. The van der Waals surface area contributed by atoms with Gasteiger partial charge in [-0.2, -0.15) is 0 Å². The minimum absolute atomic E-state index is 0.113. The molecule has 1 aliphatic rings. The Kier molecular flexibility index (Phi) is 3.20. The molecule has 22 heavy (non-hydrogen) atoms. The van der Waals surface area contributed by atoms with Crippen molar-refractivity contribution in [3.63, 3.8) is 0 Å². The molecule has 3 aromatic rings. The van der Waals surface area contributed by atoms with Gasteiger partial charge in [-0.1, -0.05) is 18.2 Å². The number of fused-ring (bicyclic) bond motifs is 2. The standard InChI is InChI=1S/C17H13NO3S/c19-17(16-9-11-3-1-2-4-15(11)22-16)18-12-5-6-13-14(10-12)21-8-7-20-13/h1-6,9-10H,7-8H2,(H,18,19). The summed E-state index contributed by atoms with van der Waals surface area (Å²) in [6, 6.07) is 15.3. The average Bonchev–Trinajstić information content (AvgIpc) is 2.99. The van der Waals surface area contributed by atoms with Crippen molar-refractivity contribution in [2.24, 2.45) is 0 Å². The van der Waals surface area contributed by atoms with E-state index in [0.29, 0.717) is 35.3 Å². The van der Waals surface area contributed by atoms with E-state index in [1.54, 1.807) is 6.07 Å². The number of benzene rings is 2. The fraction of sp³-hybridized carbons (Fsp3) is 0.118. The first kappa shape index (κ1) is 13.2. The molecule has 0 bridgehead atoms. The van der Waals surface area contributed by atoms with Crippen LogP contribution in [0, 0.1) is 0 Å². The highest BCUT2D eigenvalue weighted by Crippen LogP contribution is 2.33. The van der Waals surface area contributed by atoms with E-state index in [1.807, 2.05) is 42.5 Å². The molecule has 2 heterocycles. The third-order valence-corrected chi connectivity index (χ3v) is 4.56. The number of hydrogen-bond donors (Lipinski definition) is 1. The van der Waals surface area contributed by atoms with Gasteiger partial charge in [-0.05, 0) is 29.7 Å². The van der Waals surface area contributed by atoms with Gasteiger partial charge in [-0.3, -0.25) is 4.79 Å². The molecular weight excluding hydrogens is 298 g/mol. The van der Waals surface area contributed by atoms with E-state index in [-0.39, 0.29) is 5.91 Å². The predicted molar refractivity (Wildman–Crippen MR) is 87.2 cm³/mol. The number of carbonyl (C=O) groups is 1. The van der Waals surface area contributed by atoms with Crippen LogP contribution in [0.4, 0.5) is 5.69 Å². The lowest BCUT2D eigenvalue weighted by molar-refractivity contribution is 0.103. The van der Waals surface area contributed by atoms with Crippen LogP contribution in [0.1, 0.15) is 9.67 Å². The SMILES string of the molecule is O=C(Nc1ccc2c(c1)OCCO2)c1cc2ccccc2s1. The summed E-state index contributed by atoms with van der Waals surface area (Å²) >= 11 is 1.49. The summed E-state index contributed by atoms with van der Waals surface area (Å²) in [6.07, 6.45) is 0. The monoisotopic (exact) mass is 311 g/mol. The summed E-state index contributed by atoms with van der Waals surface area (Å²) in [5.41, 5.74) is 0.701. The fourth-order valence-electron chi connectivity index (χ4n) is 2.41. The van der Waals surface area contributed by atoms with Crippen molar-refractivity contribution in [3.05, 3.63) is 53.4 Å². The van der Waals surface area contributed by atoms with Crippen LogP contribution in [-0.4, -0.2) is 19.1 Å². The molecule has 0 saturated heterocycles. The van der Waals surface area contributed by atoms with E-state index in [4.69, 9.17) is 9.47 Å². The topological polar surface area (TPSA) is 47.6 Å². The quantitative estimate of drug-likeness (QED) is 0.780. The number of ether oxygens (including phenoxy) is 2. The average molecular weight is 311 g/mol. The Bertz CT molecular complexity index is 823. The van der Waals surface area contributed by atoms with Gasteiger partial charge in [0, 0.05) is 16.5 Å². The first-order chi connectivity index (χ1) is 10.8. The Morgan fingerprint density at radius 1 is 1.00 bits per heavy atom. The van der Waals surface area contributed by atoms with Crippen molar-refractivity contribution in [1.82, 2.24) is 0 Å². The van der Waals surface area contributed by atoms with Gasteiger partial charge in [-0.25, -0.2) is 0 Å². The molecule has 4 rings (SSSR count). The van der Waals surface area contributed by atoms with Crippen LogP contribution in [0.15, 0.2) is 48.5 Å². The third kappa shape index (κ3) is 2.40. The van der Waals surface area contributed by atoms with Crippen molar-refractivity contribution >= 4 is 33.0 Å². The Balaban J connectivity index is 1.58. The maximum absolute atomic E-state index is 12.4. The summed E-state index contributed by atoms with van der Waals surface area (Å²) in [4.78, 5) is 13.1. The second-order valence-electron chi connectivity index (χ2n) is 4.96. The molecule has 2 aromatic carbocycles. The van der Waals surface area contributed by atoms with Crippen LogP contribution in [0.25, 0.3) is 10.1 Å². The van der Waals surface area contributed by atoms with Crippen molar-refractivity contribution in [2.45, 2.75) is 0 Å². The lowest BCUT2D eigenvalue weighted by Crippen LogP contribution is -2.16. The van der Waals surface area contributed by atoms with E-state index in [2.05, 4.69) is 5.32 Å². The molecular formula is C17H13NO3S. The van der Waals surface area contributed by atoms with E-state index < -0.39 is 0 Å². The Hall–Kier alpha value is -2.53. The van der Waals surface area contributed by atoms with Crippen molar-refractivity contribution in [2.75, 3.05) is 18.5 Å². The van der Waals surface area contributed by atoms with Crippen LogP contribution in [-0.2, 0) is 0 Å². The van der Waals surface area contributed by atoms with E-state index in [1.165, 1.54) is 11.3 Å². The molecule has 1 N–H and O–H groups in total. The van der Waals surface area contributed by atoms with Crippen molar-refractivity contribution in [3.8, 4) is 11.5 Å². The van der Waals surface area contributed by atoms with Crippen molar-refractivity contribution < 1.29 is 14.3 Å². The van der Waals surface area contributed by atoms with E-state index >= 15 is 0 Å². The fourth-order valence-corrected chi connectivity index (χ4v) is 3.37. The van der Waals surface area contributed by atoms with Gasteiger partial charge >= 0.3 is 0 Å². The van der Waals surface area contributed by atoms with Gasteiger partial charge in [0.05, 0.1) is 4.88 Å². The molecule has 1 aliphatic heterocycles. The Labute approximate surface area is 131 Å². The summed E-state index contributed by atoms with van der Waals surface area (Å²) in [5, 5.41) is 3.99. The lowest BCUT2D eigenvalue weighted by atomic mass is 10.2. The maximum atomic E-state index is 12.4. The summed E-state index contributed by atoms with van der Waals surface area (Å²) in [7, 11) is 0. The first-order valence-corrected chi connectivity index (χ1v) is 7.81. The number of thiophene rings is 1. The molecule has 0 saturated carbocycles. The molecule has 5 heteroatoms. The largest absolute Gasteiger partial charge is 0.486 e. The number of carbonyl (C=O) groups excluding carboxylic acids is 1. The zero-order chi connectivity index (χ0) is 14.9. The normalized spacial score (nSPS) is 13.1. The number of nitrogens with one attached hydrogen (secondary N) is 1. The first-order valence-electron chi connectivity index (χ1n) is 6.99. The van der Waals surface area contributed by atoms with Crippen LogP contribution < -0.4 is 14.8 Å². The molecule has 0 unspecified atom stereocenters. The third-order valence-electron chi connectivity index (χ3n) is 3.45. The van der Waals surface area contributed by atoms with Gasteiger partial charge < -0.3 is 14.8 Å². The summed E-state index contributed by atoms with van der Waals surface area (Å²) in [6.45, 7) is 1.08. The van der Waals surface area contributed by atoms with Crippen LogP contribution in [0.5, 0.6) is 11.5 Å². The van der Waals surface area contributed by atoms with Gasteiger partial charge in [0.25, 0.3) is 5.91 Å².